The maximum atomic E-state index is 12.6. The highest BCUT2D eigenvalue weighted by atomic mass is 79.9. The number of rotatable bonds is 5. The van der Waals surface area contributed by atoms with Gasteiger partial charge in [0.05, 0.1) is 30.3 Å². The molecule has 0 N–H and O–H groups in total. The highest BCUT2D eigenvalue weighted by molar-refractivity contribution is 9.10. The molecular weight excluding hydrogens is 418 g/mol. The molecule has 8 heteroatoms. The second kappa shape index (κ2) is 8.04. The molecule has 144 valence electrons. The number of hydrogen-bond acceptors (Lipinski definition) is 7. The fourth-order valence-corrected chi connectivity index (χ4v) is 3.60. The summed E-state index contributed by atoms with van der Waals surface area (Å²) in [7, 11) is 1.74. The highest BCUT2D eigenvalue weighted by Gasteiger charge is 2.37. The normalized spacial score (nSPS) is 15.9. The molecule has 0 amide bonds. The van der Waals surface area contributed by atoms with Gasteiger partial charge >= 0.3 is 11.9 Å². The molecule has 0 radical (unpaired) electrons. The number of ether oxygens (including phenoxy) is 4. The molecule has 0 bridgehead atoms. The summed E-state index contributed by atoms with van der Waals surface area (Å²) in [6.07, 6.45) is 3.31. The Balaban J connectivity index is 2.12. The van der Waals surface area contributed by atoms with Crippen LogP contribution in [0.1, 0.15) is 25.3 Å². The van der Waals surface area contributed by atoms with Gasteiger partial charge in [0.15, 0.2) is 11.5 Å². The largest absolute Gasteiger partial charge is 0.463 e. The molecule has 1 aromatic carbocycles. The molecule has 0 unspecified atom stereocenters. The molecule has 0 saturated carbocycles. The minimum absolute atomic E-state index is 0.125. The summed E-state index contributed by atoms with van der Waals surface area (Å²) in [4.78, 5) is 26.9. The molecule has 0 aromatic heterocycles. The van der Waals surface area contributed by atoms with Crippen molar-refractivity contribution in [3.05, 3.63) is 45.7 Å². The summed E-state index contributed by atoms with van der Waals surface area (Å²) in [5.41, 5.74) is 1.36. The standard InChI is InChI=1S/C19H20BrNO6/c1-4-24-18(22)12-8-21(3)9-13(19(23)25-5-2)17(12)11-6-15-16(7-14(11)20)27-10-26-15/h6-9,17H,4-5,10H2,1-3H3. The Hall–Kier alpha value is -2.48. The number of carbonyl (C=O) groups excluding carboxylic acids is 2. The van der Waals surface area contributed by atoms with Crippen LogP contribution in [0.2, 0.25) is 0 Å². The van der Waals surface area contributed by atoms with Crippen molar-refractivity contribution in [3.63, 3.8) is 0 Å². The van der Waals surface area contributed by atoms with E-state index in [1.807, 2.05) is 0 Å². The van der Waals surface area contributed by atoms with E-state index in [4.69, 9.17) is 18.9 Å². The Morgan fingerprint density at radius 2 is 1.59 bits per heavy atom. The second-order valence-corrected chi connectivity index (χ2v) is 6.79. The Labute approximate surface area is 165 Å². The van der Waals surface area contributed by atoms with Gasteiger partial charge in [-0.25, -0.2) is 9.59 Å². The Kier molecular flexibility index (Phi) is 5.74. The summed E-state index contributed by atoms with van der Waals surface area (Å²) >= 11 is 3.52. The lowest BCUT2D eigenvalue weighted by molar-refractivity contribution is -0.139. The zero-order valence-corrected chi connectivity index (χ0v) is 16.9. The molecule has 2 heterocycles. The van der Waals surface area contributed by atoms with Crippen molar-refractivity contribution >= 4 is 27.9 Å². The first-order valence-corrected chi connectivity index (χ1v) is 9.34. The predicted molar refractivity (Wildman–Crippen MR) is 100 cm³/mol. The van der Waals surface area contributed by atoms with Gasteiger partial charge in [0.1, 0.15) is 0 Å². The van der Waals surface area contributed by atoms with E-state index in [9.17, 15) is 9.59 Å². The summed E-state index contributed by atoms with van der Waals surface area (Å²) < 4.78 is 22.0. The third kappa shape index (κ3) is 3.80. The molecular formula is C19H20BrNO6. The molecule has 0 saturated heterocycles. The number of fused-ring (bicyclic) bond motifs is 1. The van der Waals surface area contributed by atoms with Crippen LogP contribution in [-0.2, 0) is 19.1 Å². The van der Waals surface area contributed by atoms with Crippen molar-refractivity contribution in [1.82, 2.24) is 4.90 Å². The average molecular weight is 438 g/mol. The van der Waals surface area contributed by atoms with Crippen LogP contribution in [0.25, 0.3) is 0 Å². The maximum absolute atomic E-state index is 12.6. The first-order valence-electron chi connectivity index (χ1n) is 8.54. The third-order valence-electron chi connectivity index (χ3n) is 4.13. The SMILES string of the molecule is CCOC(=O)C1=CN(C)C=C(C(=O)OCC)C1c1cc2c(cc1Br)OCO2. The van der Waals surface area contributed by atoms with Crippen molar-refractivity contribution in [2.24, 2.45) is 0 Å². The molecule has 0 atom stereocenters. The molecule has 1 aromatic rings. The monoisotopic (exact) mass is 437 g/mol. The minimum Gasteiger partial charge on any atom is -0.463 e. The topological polar surface area (TPSA) is 74.3 Å². The lowest BCUT2D eigenvalue weighted by atomic mass is 9.83. The highest BCUT2D eigenvalue weighted by Crippen LogP contribution is 2.45. The van der Waals surface area contributed by atoms with Crippen LogP contribution < -0.4 is 9.47 Å². The van der Waals surface area contributed by atoms with Crippen molar-refractivity contribution < 1.29 is 28.5 Å². The number of carbonyl (C=O) groups is 2. The van der Waals surface area contributed by atoms with E-state index < -0.39 is 17.9 Å². The Morgan fingerprint density at radius 1 is 1.07 bits per heavy atom. The van der Waals surface area contributed by atoms with Gasteiger partial charge in [-0.1, -0.05) is 15.9 Å². The minimum atomic E-state index is -0.664. The van der Waals surface area contributed by atoms with E-state index in [0.29, 0.717) is 32.7 Å². The van der Waals surface area contributed by atoms with Crippen molar-refractivity contribution in [2.75, 3.05) is 27.1 Å². The maximum Gasteiger partial charge on any atom is 0.336 e. The fourth-order valence-electron chi connectivity index (χ4n) is 3.05. The first kappa shape index (κ1) is 19.3. The molecule has 0 fully saturated rings. The first-order chi connectivity index (χ1) is 13.0. The molecule has 0 spiro atoms. The lowest BCUT2D eigenvalue weighted by Gasteiger charge is -2.29. The van der Waals surface area contributed by atoms with Gasteiger partial charge in [0, 0.05) is 23.9 Å². The van der Waals surface area contributed by atoms with Gasteiger partial charge in [-0.05, 0) is 31.5 Å². The number of hydrogen-bond donors (Lipinski definition) is 0. The molecule has 7 nitrogen and oxygen atoms in total. The summed E-state index contributed by atoms with van der Waals surface area (Å²) in [6.45, 7) is 4.05. The number of esters is 2. The van der Waals surface area contributed by atoms with Gasteiger partial charge in [-0.15, -0.1) is 0 Å². The van der Waals surface area contributed by atoms with Gasteiger partial charge in [0.2, 0.25) is 6.79 Å². The third-order valence-corrected chi connectivity index (χ3v) is 4.82. The quantitative estimate of drug-likeness (QED) is 0.655. The van der Waals surface area contributed by atoms with Crippen molar-refractivity contribution in [3.8, 4) is 11.5 Å². The van der Waals surface area contributed by atoms with E-state index in [0.717, 1.165) is 0 Å². The van der Waals surface area contributed by atoms with E-state index in [1.54, 1.807) is 50.3 Å². The van der Waals surface area contributed by atoms with Gasteiger partial charge in [-0.3, -0.25) is 0 Å². The van der Waals surface area contributed by atoms with E-state index in [2.05, 4.69) is 15.9 Å². The van der Waals surface area contributed by atoms with Crippen LogP contribution in [0.15, 0.2) is 40.2 Å². The fraction of sp³-hybridized carbons (Fsp3) is 0.368. The van der Waals surface area contributed by atoms with Crippen LogP contribution >= 0.6 is 15.9 Å². The average Bonchev–Trinajstić information content (AvgIpc) is 3.08. The second-order valence-electron chi connectivity index (χ2n) is 5.94. The summed E-state index contributed by atoms with van der Waals surface area (Å²) in [6, 6.07) is 3.53. The van der Waals surface area contributed by atoms with Crippen LogP contribution in [0.4, 0.5) is 0 Å². The molecule has 2 aliphatic rings. The van der Waals surface area contributed by atoms with Crippen LogP contribution in [0, 0.1) is 0 Å². The number of nitrogens with zero attached hydrogens (tertiary/aromatic N) is 1. The number of benzene rings is 1. The lowest BCUT2D eigenvalue weighted by Crippen LogP contribution is -2.28. The Morgan fingerprint density at radius 3 is 2.11 bits per heavy atom. The van der Waals surface area contributed by atoms with Gasteiger partial charge in [-0.2, -0.15) is 0 Å². The van der Waals surface area contributed by atoms with Gasteiger partial charge < -0.3 is 23.8 Å². The van der Waals surface area contributed by atoms with E-state index in [1.165, 1.54) is 0 Å². The smallest absolute Gasteiger partial charge is 0.336 e. The molecule has 3 rings (SSSR count). The number of halogens is 1. The summed E-state index contributed by atoms with van der Waals surface area (Å²) in [5.74, 6) is -0.494. The molecule has 0 aliphatic carbocycles. The van der Waals surface area contributed by atoms with E-state index in [-0.39, 0.29) is 20.0 Å². The van der Waals surface area contributed by atoms with Crippen LogP contribution in [0.5, 0.6) is 11.5 Å². The van der Waals surface area contributed by atoms with Crippen LogP contribution in [-0.4, -0.2) is 43.9 Å². The molecule has 2 aliphatic heterocycles. The molecule has 27 heavy (non-hydrogen) atoms. The van der Waals surface area contributed by atoms with Crippen LogP contribution in [0.3, 0.4) is 0 Å². The summed E-state index contributed by atoms with van der Waals surface area (Å²) in [5, 5.41) is 0. The van der Waals surface area contributed by atoms with Gasteiger partial charge in [0.25, 0.3) is 0 Å². The van der Waals surface area contributed by atoms with Crippen molar-refractivity contribution in [2.45, 2.75) is 19.8 Å². The van der Waals surface area contributed by atoms with Crippen molar-refractivity contribution in [1.29, 1.82) is 0 Å². The zero-order valence-electron chi connectivity index (χ0n) is 15.3. The Bertz CT molecular complexity index is 796. The predicted octanol–water partition coefficient (Wildman–Crippen LogP) is 3.10. The van der Waals surface area contributed by atoms with E-state index >= 15 is 0 Å². The zero-order chi connectivity index (χ0) is 19.6.